The van der Waals surface area contributed by atoms with E-state index in [1.165, 1.54) is 0 Å². The predicted octanol–water partition coefficient (Wildman–Crippen LogP) is 0.641. The van der Waals surface area contributed by atoms with Crippen LogP contribution in [0.1, 0.15) is 12.8 Å². The van der Waals surface area contributed by atoms with E-state index in [0.29, 0.717) is 35.6 Å². The summed E-state index contributed by atoms with van der Waals surface area (Å²) in [7, 11) is 0. The van der Waals surface area contributed by atoms with E-state index < -0.39 is 5.76 Å². The maximum absolute atomic E-state index is 11.4. The van der Waals surface area contributed by atoms with Crippen LogP contribution in [0.5, 0.6) is 0 Å². The fraction of sp³-hybridized carbons (Fsp3) is 0.385. The van der Waals surface area contributed by atoms with Crippen LogP contribution in [0.25, 0.3) is 11.1 Å². The van der Waals surface area contributed by atoms with Crippen molar-refractivity contribution in [1.29, 1.82) is 0 Å². The highest BCUT2D eigenvalue weighted by Gasteiger charge is 2.28. The largest absolute Gasteiger partial charge is 0.417 e. The molecule has 7 heteroatoms. The maximum atomic E-state index is 11.4. The number of rotatable bonds is 5. The van der Waals surface area contributed by atoms with Crippen LogP contribution in [0, 0.1) is 5.92 Å². The van der Waals surface area contributed by atoms with Gasteiger partial charge in [-0.1, -0.05) is 0 Å². The standard InChI is InChI=1S/C13H16N4O3/c14-8-5-11-10(17-13(19)20-11)6-9(8)15-3-4-16-12(18)7-1-2-7/h5-7,15H,1-4,14H2,(H,16,18)(H,17,19). The zero-order valence-corrected chi connectivity index (χ0v) is 10.9. The van der Waals surface area contributed by atoms with Gasteiger partial charge in [-0.2, -0.15) is 0 Å². The van der Waals surface area contributed by atoms with E-state index >= 15 is 0 Å². The average Bonchev–Trinajstić information content (AvgIpc) is 3.18. The SMILES string of the molecule is Nc1cc2oc(=O)[nH]c2cc1NCCNC(=O)C1CC1. The zero-order valence-electron chi connectivity index (χ0n) is 10.9. The van der Waals surface area contributed by atoms with Gasteiger partial charge in [0.25, 0.3) is 0 Å². The highest BCUT2D eigenvalue weighted by molar-refractivity contribution is 5.85. The highest BCUT2D eigenvalue weighted by Crippen LogP contribution is 2.28. The Balaban J connectivity index is 1.60. The molecule has 0 saturated heterocycles. The Morgan fingerprint density at radius 3 is 2.95 bits per heavy atom. The van der Waals surface area contributed by atoms with Crippen molar-refractivity contribution in [2.45, 2.75) is 12.8 Å². The summed E-state index contributed by atoms with van der Waals surface area (Å²) in [5, 5.41) is 5.98. The van der Waals surface area contributed by atoms with Crippen molar-refractivity contribution in [2.24, 2.45) is 5.92 Å². The molecule has 7 nitrogen and oxygen atoms in total. The van der Waals surface area contributed by atoms with Gasteiger partial charge < -0.3 is 20.8 Å². The molecule has 1 fully saturated rings. The number of hydrogen-bond donors (Lipinski definition) is 4. The van der Waals surface area contributed by atoms with Crippen LogP contribution in [0.3, 0.4) is 0 Å². The molecule has 1 aliphatic rings. The molecule has 20 heavy (non-hydrogen) atoms. The number of nitrogens with one attached hydrogen (secondary N) is 3. The zero-order chi connectivity index (χ0) is 14.1. The number of nitrogens with two attached hydrogens (primary N) is 1. The lowest BCUT2D eigenvalue weighted by Gasteiger charge is -2.09. The van der Waals surface area contributed by atoms with Gasteiger partial charge in [0.1, 0.15) is 0 Å². The number of hydrogen-bond acceptors (Lipinski definition) is 5. The first-order chi connectivity index (χ1) is 9.63. The Morgan fingerprint density at radius 2 is 2.20 bits per heavy atom. The Kier molecular flexibility index (Phi) is 3.09. The molecular formula is C13H16N4O3. The smallest absolute Gasteiger partial charge is 0.408 e. The minimum atomic E-state index is -0.506. The molecule has 1 aromatic heterocycles. The summed E-state index contributed by atoms with van der Waals surface area (Å²) < 4.78 is 4.92. The molecule has 1 saturated carbocycles. The average molecular weight is 276 g/mol. The second kappa shape index (κ2) is 4.92. The van der Waals surface area contributed by atoms with Crippen LogP contribution in [-0.2, 0) is 4.79 Å². The summed E-state index contributed by atoms with van der Waals surface area (Å²) >= 11 is 0. The van der Waals surface area contributed by atoms with E-state index in [1.54, 1.807) is 12.1 Å². The van der Waals surface area contributed by atoms with Gasteiger partial charge in [0.05, 0.1) is 16.9 Å². The molecule has 2 aromatic rings. The van der Waals surface area contributed by atoms with Gasteiger partial charge in [0, 0.05) is 25.1 Å². The molecule has 5 N–H and O–H groups in total. The predicted molar refractivity (Wildman–Crippen MR) is 75.5 cm³/mol. The van der Waals surface area contributed by atoms with E-state index in [0.717, 1.165) is 12.8 Å². The lowest BCUT2D eigenvalue weighted by molar-refractivity contribution is -0.122. The van der Waals surface area contributed by atoms with E-state index in [2.05, 4.69) is 15.6 Å². The van der Waals surface area contributed by atoms with Gasteiger partial charge in [-0.15, -0.1) is 0 Å². The van der Waals surface area contributed by atoms with Crippen molar-refractivity contribution < 1.29 is 9.21 Å². The van der Waals surface area contributed by atoms with Crippen LogP contribution in [0.2, 0.25) is 0 Å². The summed E-state index contributed by atoms with van der Waals surface area (Å²) in [6.07, 6.45) is 1.99. The molecule has 0 radical (unpaired) electrons. The molecule has 3 rings (SSSR count). The fourth-order valence-corrected chi connectivity index (χ4v) is 2.04. The molecule has 0 spiro atoms. The molecule has 1 amide bonds. The molecule has 0 aliphatic heterocycles. The van der Waals surface area contributed by atoms with E-state index in [-0.39, 0.29) is 11.8 Å². The third kappa shape index (κ3) is 2.61. The number of benzene rings is 1. The van der Waals surface area contributed by atoms with Gasteiger partial charge in [-0.25, -0.2) is 4.79 Å². The van der Waals surface area contributed by atoms with E-state index in [9.17, 15) is 9.59 Å². The Bertz CT molecular complexity index is 699. The van der Waals surface area contributed by atoms with Crippen LogP contribution in [-0.4, -0.2) is 24.0 Å². The van der Waals surface area contributed by atoms with Gasteiger partial charge in [0.2, 0.25) is 5.91 Å². The van der Waals surface area contributed by atoms with Crippen molar-refractivity contribution in [2.75, 3.05) is 24.1 Å². The lowest BCUT2D eigenvalue weighted by atomic mass is 10.2. The van der Waals surface area contributed by atoms with Crippen molar-refractivity contribution in [3.8, 4) is 0 Å². The monoisotopic (exact) mass is 276 g/mol. The fourth-order valence-electron chi connectivity index (χ4n) is 2.04. The number of fused-ring (bicyclic) bond motifs is 1. The van der Waals surface area contributed by atoms with Crippen molar-refractivity contribution >= 4 is 28.4 Å². The molecule has 106 valence electrons. The molecule has 1 aliphatic carbocycles. The molecule has 0 unspecified atom stereocenters. The van der Waals surface area contributed by atoms with E-state index in [4.69, 9.17) is 10.2 Å². The number of anilines is 2. The quantitative estimate of drug-likeness (QED) is 0.473. The topological polar surface area (TPSA) is 113 Å². The number of aromatic nitrogens is 1. The molecule has 1 aromatic carbocycles. The number of aromatic amines is 1. The lowest BCUT2D eigenvalue weighted by Crippen LogP contribution is -2.29. The minimum absolute atomic E-state index is 0.120. The van der Waals surface area contributed by atoms with Crippen LogP contribution in [0.15, 0.2) is 21.3 Å². The number of amides is 1. The Labute approximate surface area is 114 Å². The summed E-state index contributed by atoms with van der Waals surface area (Å²) in [5.41, 5.74) is 8.09. The second-order valence-electron chi connectivity index (χ2n) is 4.94. The van der Waals surface area contributed by atoms with Gasteiger partial charge in [-0.05, 0) is 18.9 Å². The number of nitrogen functional groups attached to an aromatic ring is 1. The first kappa shape index (κ1) is 12.6. The third-order valence-corrected chi connectivity index (χ3v) is 3.28. The van der Waals surface area contributed by atoms with Crippen molar-refractivity contribution in [3.63, 3.8) is 0 Å². The normalized spacial score (nSPS) is 14.4. The molecule has 0 atom stereocenters. The summed E-state index contributed by atoms with van der Waals surface area (Å²) in [6.45, 7) is 1.10. The van der Waals surface area contributed by atoms with Crippen molar-refractivity contribution in [3.05, 3.63) is 22.7 Å². The minimum Gasteiger partial charge on any atom is -0.408 e. The number of carbonyl (C=O) groups excluding carboxylic acids is 1. The number of carbonyl (C=O) groups is 1. The molecule has 1 heterocycles. The van der Waals surface area contributed by atoms with Crippen LogP contribution in [0.4, 0.5) is 11.4 Å². The third-order valence-electron chi connectivity index (χ3n) is 3.28. The van der Waals surface area contributed by atoms with Crippen LogP contribution < -0.4 is 22.1 Å². The maximum Gasteiger partial charge on any atom is 0.417 e. The van der Waals surface area contributed by atoms with E-state index in [1.807, 2.05) is 0 Å². The van der Waals surface area contributed by atoms with Crippen LogP contribution >= 0.6 is 0 Å². The summed E-state index contributed by atoms with van der Waals surface area (Å²) in [6, 6.07) is 3.32. The van der Waals surface area contributed by atoms with Gasteiger partial charge in [0.15, 0.2) is 5.58 Å². The second-order valence-corrected chi connectivity index (χ2v) is 4.94. The first-order valence-electron chi connectivity index (χ1n) is 6.57. The number of H-pyrrole nitrogens is 1. The van der Waals surface area contributed by atoms with Gasteiger partial charge >= 0.3 is 5.76 Å². The summed E-state index contributed by atoms with van der Waals surface area (Å²) in [5.74, 6) is -0.171. The number of oxazole rings is 1. The van der Waals surface area contributed by atoms with Crippen molar-refractivity contribution in [1.82, 2.24) is 10.3 Å². The Morgan fingerprint density at radius 1 is 1.40 bits per heavy atom. The molecule has 0 bridgehead atoms. The highest BCUT2D eigenvalue weighted by atomic mass is 16.4. The first-order valence-corrected chi connectivity index (χ1v) is 6.57. The molecular weight excluding hydrogens is 260 g/mol. The van der Waals surface area contributed by atoms with Gasteiger partial charge in [-0.3, -0.25) is 9.78 Å². The summed E-state index contributed by atoms with van der Waals surface area (Å²) in [4.78, 5) is 25.1. The Hall–Kier alpha value is -2.44.